The number of rotatable bonds is 6. The van der Waals surface area contributed by atoms with Crippen molar-refractivity contribution in [2.45, 2.75) is 18.4 Å². The summed E-state index contributed by atoms with van der Waals surface area (Å²) < 4.78 is 5.23. The van der Waals surface area contributed by atoms with E-state index in [0.29, 0.717) is 5.75 Å². The molecule has 0 saturated heterocycles. The summed E-state index contributed by atoms with van der Waals surface area (Å²) in [6.07, 6.45) is 0.911. The summed E-state index contributed by atoms with van der Waals surface area (Å²) in [4.78, 5) is 20.3. The van der Waals surface area contributed by atoms with Gasteiger partial charge in [0.1, 0.15) is 21.5 Å². The summed E-state index contributed by atoms with van der Waals surface area (Å²) in [6, 6.07) is 19.8. The predicted molar refractivity (Wildman–Crippen MR) is 133 cm³/mol. The minimum absolute atomic E-state index is 0.0956. The van der Waals surface area contributed by atoms with Crippen LogP contribution in [0.3, 0.4) is 0 Å². The van der Waals surface area contributed by atoms with Crippen LogP contribution in [0.15, 0.2) is 65.7 Å². The van der Waals surface area contributed by atoms with Crippen LogP contribution in [0, 0.1) is 6.92 Å². The molecule has 0 N–H and O–H groups in total. The second-order valence-corrected chi connectivity index (χ2v) is 9.63. The second-order valence-electron chi connectivity index (χ2n) is 7.63. The summed E-state index contributed by atoms with van der Waals surface area (Å²) in [5.41, 5.74) is 5.00. The smallest absolute Gasteiger partial charge is 0.237 e. The molecular weight excluding hydrogens is 452 g/mol. The molecule has 0 saturated carbocycles. The van der Waals surface area contributed by atoms with Gasteiger partial charge in [-0.25, -0.2) is 4.98 Å². The van der Waals surface area contributed by atoms with Gasteiger partial charge >= 0.3 is 0 Å². The lowest BCUT2D eigenvalue weighted by Crippen LogP contribution is -2.30. The fourth-order valence-electron chi connectivity index (χ4n) is 3.82. The highest BCUT2D eigenvalue weighted by molar-refractivity contribution is 7.99. The van der Waals surface area contributed by atoms with E-state index in [1.165, 1.54) is 17.3 Å². The molecule has 1 aliphatic heterocycles. The van der Waals surface area contributed by atoms with Gasteiger partial charge in [-0.2, -0.15) is 0 Å². The highest BCUT2D eigenvalue weighted by Gasteiger charge is 2.24. The minimum Gasteiger partial charge on any atom is -0.497 e. The van der Waals surface area contributed by atoms with Gasteiger partial charge < -0.3 is 9.64 Å². The normalized spacial score (nSPS) is 12.6. The third-order valence-corrected chi connectivity index (χ3v) is 7.67. The number of thioether (sulfide) groups is 1. The lowest BCUT2D eigenvalue weighted by atomic mass is 10.2. The number of anilines is 1. The van der Waals surface area contributed by atoms with E-state index in [4.69, 9.17) is 9.72 Å². The van der Waals surface area contributed by atoms with Crippen molar-refractivity contribution in [1.29, 1.82) is 0 Å². The van der Waals surface area contributed by atoms with Crippen LogP contribution in [0.4, 0.5) is 5.69 Å². The molecule has 5 rings (SSSR count). The van der Waals surface area contributed by atoms with Gasteiger partial charge in [-0.15, -0.1) is 21.5 Å². The first-order chi connectivity index (χ1) is 16.1. The summed E-state index contributed by atoms with van der Waals surface area (Å²) in [5, 5.41) is 10.4. The van der Waals surface area contributed by atoms with Gasteiger partial charge in [0.05, 0.1) is 23.4 Å². The number of hydrogen-bond acceptors (Lipinski definition) is 7. The number of ether oxygens (including phenoxy) is 1. The molecule has 4 aromatic rings. The summed E-state index contributed by atoms with van der Waals surface area (Å²) in [6.45, 7) is 2.72. The number of carbonyl (C=O) groups excluding carboxylic acids is 1. The summed E-state index contributed by atoms with van der Waals surface area (Å²) >= 11 is 3.01. The number of amides is 1. The molecule has 8 heteroatoms. The molecule has 2 aromatic carbocycles. The van der Waals surface area contributed by atoms with Gasteiger partial charge in [0, 0.05) is 17.8 Å². The number of fused-ring (bicyclic) bond motifs is 1. The van der Waals surface area contributed by atoms with E-state index in [2.05, 4.69) is 16.3 Å². The zero-order valence-electron chi connectivity index (χ0n) is 18.3. The minimum atomic E-state index is 0.0956. The lowest BCUT2D eigenvalue weighted by Gasteiger charge is -2.16. The molecule has 0 bridgehead atoms. The highest BCUT2D eigenvalue weighted by Crippen LogP contribution is 2.35. The number of methoxy groups -OCH3 is 1. The Kier molecular flexibility index (Phi) is 6.11. The van der Waals surface area contributed by atoms with Gasteiger partial charge in [0.2, 0.25) is 5.91 Å². The Balaban J connectivity index is 1.25. The van der Waals surface area contributed by atoms with Gasteiger partial charge in [0.15, 0.2) is 0 Å². The Morgan fingerprint density at radius 1 is 1.09 bits per heavy atom. The van der Waals surface area contributed by atoms with E-state index in [0.717, 1.165) is 56.3 Å². The van der Waals surface area contributed by atoms with Crippen molar-refractivity contribution in [1.82, 2.24) is 15.2 Å². The van der Waals surface area contributed by atoms with E-state index >= 15 is 0 Å². The van der Waals surface area contributed by atoms with E-state index in [1.807, 2.05) is 66.4 Å². The average Bonchev–Trinajstić information content (AvgIpc) is 3.47. The quantitative estimate of drug-likeness (QED) is 0.355. The van der Waals surface area contributed by atoms with Gasteiger partial charge in [0.25, 0.3) is 0 Å². The van der Waals surface area contributed by atoms with E-state index in [1.54, 1.807) is 18.4 Å². The number of thiazole rings is 1. The van der Waals surface area contributed by atoms with Crippen LogP contribution in [0.2, 0.25) is 0 Å². The predicted octanol–water partition coefficient (Wildman–Crippen LogP) is 5.27. The molecule has 166 valence electrons. The zero-order chi connectivity index (χ0) is 22.8. The molecule has 1 amide bonds. The molecule has 0 fully saturated rings. The van der Waals surface area contributed by atoms with E-state index in [-0.39, 0.29) is 5.91 Å². The van der Waals surface area contributed by atoms with Crippen molar-refractivity contribution in [3.05, 3.63) is 71.9 Å². The summed E-state index contributed by atoms with van der Waals surface area (Å²) in [5.74, 6) is 1.25. The van der Waals surface area contributed by atoms with Crippen molar-refractivity contribution in [2.24, 2.45) is 0 Å². The topological polar surface area (TPSA) is 68.2 Å². The molecule has 0 spiro atoms. The maximum Gasteiger partial charge on any atom is 0.237 e. The first-order valence-electron chi connectivity index (χ1n) is 10.6. The Morgan fingerprint density at radius 2 is 1.91 bits per heavy atom. The molecule has 2 aromatic heterocycles. The van der Waals surface area contributed by atoms with Crippen LogP contribution in [-0.2, 0) is 11.2 Å². The zero-order valence-corrected chi connectivity index (χ0v) is 19.9. The van der Waals surface area contributed by atoms with Crippen molar-refractivity contribution in [3.63, 3.8) is 0 Å². The molecule has 0 radical (unpaired) electrons. The van der Waals surface area contributed by atoms with E-state index < -0.39 is 0 Å². The third-order valence-electron chi connectivity index (χ3n) is 5.54. The second kappa shape index (κ2) is 9.33. The van der Waals surface area contributed by atoms with Gasteiger partial charge in [-0.3, -0.25) is 4.79 Å². The van der Waals surface area contributed by atoms with Crippen LogP contribution >= 0.6 is 23.1 Å². The largest absolute Gasteiger partial charge is 0.497 e. The summed E-state index contributed by atoms with van der Waals surface area (Å²) in [7, 11) is 1.66. The third kappa shape index (κ3) is 4.49. The molecule has 0 atom stereocenters. The lowest BCUT2D eigenvalue weighted by molar-refractivity contribution is -0.116. The van der Waals surface area contributed by atoms with Crippen molar-refractivity contribution in [3.8, 4) is 26.9 Å². The monoisotopic (exact) mass is 474 g/mol. The molecular formula is C25H22N4O2S2. The fraction of sp³-hybridized carbons (Fsp3) is 0.200. The number of aromatic nitrogens is 3. The van der Waals surface area contributed by atoms with Crippen LogP contribution in [0.1, 0.15) is 11.3 Å². The van der Waals surface area contributed by atoms with Gasteiger partial charge in [-0.1, -0.05) is 30.0 Å². The standard InChI is InChI=1S/C25H22N4O2S2/c1-16-24(33-25(26-16)18-7-9-19(31-2)10-8-18)20-11-12-22(28-27-20)32-15-23(30)29-14-13-17-5-3-4-6-21(17)29/h3-12H,13-15H2,1-2H3. The maximum atomic E-state index is 12.7. The van der Waals surface area contributed by atoms with E-state index in [9.17, 15) is 4.79 Å². The number of aryl methyl sites for hydroxylation is 1. The Labute approximate surface area is 200 Å². The van der Waals surface area contributed by atoms with Crippen molar-refractivity contribution in [2.75, 3.05) is 24.3 Å². The maximum absolute atomic E-state index is 12.7. The molecule has 1 aliphatic rings. The molecule has 0 aliphatic carbocycles. The Morgan fingerprint density at radius 3 is 2.67 bits per heavy atom. The van der Waals surface area contributed by atoms with Crippen LogP contribution in [0.25, 0.3) is 21.1 Å². The number of para-hydroxylation sites is 1. The number of hydrogen-bond donors (Lipinski definition) is 0. The number of carbonyl (C=O) groups is 1. The Bertz CT molecular complexity index is 1290. The van der Waals surface area contributed by atoms with Crippen LogP contribution in [-0.4, -0.2) is 40.5 Å². The average molecular weight is 475 g/mol. The van der Waals surface area contributed by atoms with Crippen LogP contribution in [0.5, 0.6) is 5.75 Å². The fourth-order valence-corrected chi connectivity index (χ4v) is 5.55. The molecule has 6 nitrogen and oxygen atoms in total. The molecule has 0 unspecified atom stereocenters. The first kappa shape index (κ1) is 21.6. The Hall–Kier alpha value is -3.23. The van der Waals surface area contributed by atoms with Gasteiger partial charge in [-0.05, 0) is 61.4 Å². The van der Waals surface area contributed by atoms with Crippen molar-refractivity contribution >= 4 is 34.7 Å². The highest BCUT2D eigenvalue weighted by atomic mass is 32.2. The van der Waals surface area contributed by atoms with Crippen LogP contribution < -0.4 is 9.64 Å². The molecule has 3 heterocycles. The number of benzene rings is 2. The van der Waals surface area contributed by atoms with Crippen molar-refractivity contribution < 1.29 is 9.53 Å². The number of nitrogens with zero attached hydrogens (tertiary/aromatic N) is 4. The first-order valence-corrected chi connectivity index (χ1v) is 12.4. The molecule has 33 heavy (non-hydrogen) atoms. The SMILES string of the molecule is COc1ccc(-c2nc(C)c(-c3ccc(SCC(=O)N4CCc5ccccc54)nn3)s2)cc1.